The molecule has 0 N–H and O–H groups in total. The van der Waals surface area contributed by atoms with E-state index in [1.165, 1.54) is 0 Å². The number of hydrogen-bond donors (Lipinski definition) is 0. The molecule has 0 saturated carbocycles. The summed E-state index contributed by atoms with van der Waals surface area (Å²) in [7, 11) is 0. The first-order chi connectivity index (χ1) is 6.70. The Balaban J connectivity index is 2.55. The molecule has 0 amide bonds. The predicted molar refractivity (Wildman–Crippen MR) is 63.2 cm³/mol. The van der Waals surface area contributed by atoms with E-state index in [9.17, 15) is 0 Å². The number of halogens is 3. The van der Waals surface area contributed by atoms with Crippen molar-refractivity contribution < 1.29 is 0 Å². The van der Waals surface area contributed by atoms with Crippen LogP contribution in [0.1, 0.15) is 12.0 Å². The largest absolute Gasteiger partial charge is 0.0827 e. The van der Waals surface area contributed by atoms with E-state index >= 15 is 0 Å². The van der Waals surface area contributed by atoms with Crippen molar-refractivity contribution in [1.29, 1.82) is 0 Å². The molecule has 0 aliphatic heterocycles. The minimum absolute atomic E-state index is 0.423. The van der Waals surface area contributed by atoms with Crippen LogP contribution in [0.5, 0.6) is 0 Å². The molecule has 1 aliphatic rings. The van der Waals surface area contributed by atoms with Crippen LogP contribution in [0.15, 0.2) is 30.4 Å². The van der Waals surface area contributed by atoms with Crippen molar-refractivity contribution in [3.05, 3.63) is 51.0 Å². The minimum Gasteiger partial charge on any atom is -0.0827 e. The van der Waals surface area contributed by atoms with Crippen LogP contribution in [0.25, 0.3) is 5.57 Å². The summed E-state index contributed by atoms with van der Waals surface area (Å²) in [5, 5.41) is 1.44. The molecule has 0 aromatic heterocycles. The Morgan fingerprint density at radius 1 is 1.00 bits per heavy atom. The van der Waals surface area contributed by atoms with Gasteiger partial charge < -0.3 is 0 Å². The monoisotopic (exact) mass is 244 g/mol. The third kappa shape index (κ3) is 1.70. The first-order valence-corrected chi connectivity index (χ1v) is 5.34. The fraction of sp³-hybridized carbons (Fsp3) is 0.0909. The highest BCUT2D eigenvalue weighted by Gasteiger charge is 2.11. The fourth-order valence-electron chi connectivity index (χ4n) is 1.41. The molecule has 14 heavy (non-hydrogen) atoms. The van der Waals surface area contributed by atoms with Gasteiger partial charge in [0.25, 0.3) is 0 Å². The Morgan fingerprint density at radius 3 is 2.43 bits per heavy atom. The Labute approximate surface area is 97.8 Å². The number of benzene rings is 1. The lowest BCUT2D eigenvalue weighted by atomic mass is 10.1. The van der Waals surface area contributed by atoms with Gasteiger partial charge in [-0.15, -0.1) is 0 Å². The van der Waals surface area contributed by atoms with Crippen molar-refractivity contribution >= 4 is 40.4 Å². The van der Waals surface area contributed by atoms with E-state index in [2.05, 4.69) is 12.2 Å². The molecule has 0 radical (unpaired) electrons. The van der Waals surface area contributed by atoms with E-state index in [1.807, 2.05) is 12.1 Å². The Hall–Kier alpha value is -0.430. The molecule has 0 nitrogen and oxygen atoms in total. The summed E-state index contributed by atoms with van der Waals surface area (Å²) in [6.07, 6.45) is 7.16. The molecule has 72 valence electrons. The lowest BCUT2D eigenvalue weighted by Gasteiger charge is -2.06. The molecule has 1 aliphatic carbocycles. The first-order valence-electron chi connectivity index (χ1n) is 4.20. The van der Waals surface area contributed by atoms with Crippen molar-refractivity contribution in [1.82, 2.24) is 0 Å². The number of rotatable bonds is 1. The zero-order valence-electron chi connectivity index (χ0n) is 7.23. The lowest BCUT2D eigenvalue weighted by molar-refractivity contribution is 1.45. The summed E-state index contributed by atoms with van der Waals surface area (Å²) in [6.45, 7) is 0. The Bertz CT molecular complexity index is 430. The molecule has 0 atom stereocenters. The normalized spacial score (nSPS) is 14.6. The molecule has 0 unspecified atom stereocenters. The molecule has 0 bridgehead atoms. The van der Waals surface area contributed by atoms with E-state index in [1.54, 1.807) is 6.07 Å². The van der Waals surface area contributed by atoms with Crippen molar-refractivity contribution in [2.75, 3.05) is 0 Å². The van der Waals surface area contributed by atoms with Crippen LogP contribution >= 0.6 is 34.8 Å². The third-order valence-electron chi connectivity index (χ3n) is 2.12. The third-order valence-corrected chi connectivity index (χ3v) is 3.41. The van der Waals surface area contributed by atoms with Crippen molar-refractivity contribution in [2.24, 2.45) is 0 Å². The minimum atomic E-state index is 0.423. The van der Waals surface area contributed by atoms with E-state index in [0.717, 1.165) is 17.6 Å². The Morgan fingerprint density at radius 2 is 1.79 bits per heavy atom. The van der Waals surface area contributed by atoms with Gasteiger partial charge in [-0.3, -0.25) is 0 Å². The standard InChI is InChI=1S/C11H7Cl3/c12-9-6-5-8(10(13)11(9)14)7-3-1-2-4-7/h1,3-6H,2H2. The molecule has 0 heterocycles. The number of allylic oxidation sites excluding steroid dienone is 4. The second kappa shape index (κ2) is 3.98. The van der Waals surface area contributed by atoms with Gasteiger partial charge in [0.2, 0.25) is 0 Å². The van der Waals surface area contributed by atoms with Gasteiger partial charge in [-0.1, -0.05) is 59.1 Å². The Kier molecular flexibility index (Phi) is 2.87. The molecule has 2 rings (SSSR count). The summed E-state index contributed by atoms with van der Waals surface area (Å²) in [5.41, 5.74) is 2.04. The maximum absolute atomic E-state index is 6.09. The van der Waals surface area contributed by atoms with Crippen LogP contribution in [-0.4, -0.2) is 0 Å². The zero-order valence-corrected chi connectivity index (χ0v) is 9.50. The van der Waals surface area contributed by atoms with Gasteiger partial charge in [-0.25, -0.2) is 0 Å². The first kappa shape index (κ1) is 10.1. The summed E-state index contributed by atoms with van der Waals surface area (Å²) in [5.74, 6) is 0. The van der Waals surface area contributed by atoms with Gasteiger partial charge in [0.1, 0.15) is 0 Å². The predicted octanol–water partition coefficient (Wildman–Crippen LogP) is 4.99. The number of hydrogen-bond acceptors (Lipinski definition) is 0. The van der Waals surface area contributed by atoms with Crippen LogP contribution in [-0.2, 0) is 0 Å². The van der Waals surface area contributed by atoms with Crippen LogP contribution in [0.4, 0.5) is 0 Å². The summed E-state index contributed by atoms with van der Waals surface area (Å²) in [4.78, 5) is 0. The van der Waals surface area contributed by atoms with Gasteiger partial charge in [-0.2, -0.15) is 0 Å². The average Bonchev–Trinajstić information content (AvgIpc) is 2.67. The van der Waals surface area contributed by atoms with Crippen LogP contribution in [0.3, 0.4) is 0 Å². The molecule has 1 aromatic carbocycles. The van der Waals surface area contributed by atoms with E-state index in [4.69, 9.17) is 34.8 Å². The highest BCUT2D eigenvalue weighted by molar-refractivity contribution is 6.48. The maximum atomic E-state index is 6.09. The van der Waals surface area contributed by atoms with Gasteiger partial charge in [-0.05, 0) is 18.1 Å². The topological polar surface area (TPSA) is 0 Å². The fourth-order valence-corrected chi connectivity index (χ4v) is 2.05. The second-order valence-electron chi connectivity index (χ2n) is 3.02. The highest BCUT2D eigenvalue weighted by atomic mass is 35.5. The highest BCUT2D eigenvalue weighted by Crippen LogP contribution is 2.37. The van der Waals surface area contributed by atoms with E-state index in [0.29, 0.717) is 15.1 Å². The molecule has 3 heteroatoms. The SMILES string of the molecule is Clc1ccc(C2=CCC=C2)c(Cl)c1Cl. The van der Waals surface area contributed by atoms with Gasteiger partial charge in [0.05, 0.1) is 15.1 Å². The van der Waals surface area contributed by atoms with Crippen LogP contribution < -0.4 is 0 Å². The van der Waals surface area contributed by atoms with Crippen molar-refractivity contribution in [2.45, 2.75) is 6.42 Å². The maximum Gasteiger partial charge on any atom is 0.0784 e. The zero-order chi connectivity index (χ0) is 10.1. The molecule has 0 saturated heterocycles. The van der Waals surface area contributed by atoms with Crippen LogP contribution in [0, 0.1) is 0 Å². The van der Waals surface area contributed by atoms with Gasteiger partial charge in [0, 0.05) is 5.56 Å². The summed E-state index contributed by atoms with van der Waals surface area (Å²) >= 11 is 17.9. The summed E-state index contributed by atoms with van der Waals surface area (Å²) in [6, 6.07) is 3.65. The lowest BCUT2D eigenvalue weighted by Crippen LogP contribution is -1.83. The smallest absolute Gasteiger partial charge is 0.0784 e. The molecular formula is C11H7Cl3. The second-order valence-corrected chi connectivity index (χ2v) is 4.18. The molecular weight excluding hydrogens is 238 g/mol. The summed E-state index contributed by atoms with van der Waals surface area (Å²) < 4.78 is 0. The quantitative estimate of drug-likeness (QED) is 0.612. The van der Waals surface area contributed by atoms with Crippen LogP contribution in [0.2, 0.25) is 15.1 Å². The molecule has 0 spiro atoms. The molecule has 1 aromatic rings. The van der Waals surface area contributed by atoms with Crippen molar-refractivity contribution in [3.8, 4) is 0 Å². The molecule has 0 fully saturated rings. The van der Waals surface area contributed by atoms with Crippen molar-refractivity contribution in [3.63, 3.8) is 0 Å². The van der Waals surface area contributed by atoms with Gasteiger partial charge >= 0.3 is 0 Å². The average molecular weight is 246 g/mol. The van der Waals surface area contributed by atoms with Gasteiger partial charge in [0.15, 0.2) is 0 Å². The van der Waals surface area contributed by atoms with E-state index < -0.39 is 0 Å². The van der Waals surface area contributed by atoms with E-state index in [-0.39, 0.29) is 0 Å².